The number of ether oxygens (including phenoxy) is 1. The van der Waals surface area contributed by atoms with Crippen LogP contribution in [-0.4, -0.2) is 35.1 Å². The van der Waals surface area contributed by atoms with E-state index >= 15 is 0 Å². The van der Waals surface area contributed by atoms with Gasteiger partial charge in [-0.25, -0.2) is 9.97 Å². The Morgan fingerprint density at radius 1 is 1.36 bits per heavy atom. The molecule has 1 N–H and O–H groups in total. The molecule has 4 rings (SSSR count). The van der Waals surface area contributed by atoms with Crippen molar-refractivity contribution in [1.82, 2.24) is 20.2 Å². The Labute approximate surface area is 149 Å². The molecule has 132 valence electrons. The Balaban J connectivity index is 1.49. The third-order valence-electron chi connectivity index (χ3n) is 5.30. The molecule has 0 saturated carbocycles. The molecule has 0 radical (unpaired) electrons. The number of hydrogen-bond acceptors (Lipinski definition) is 5. The molecule has 0 spiro atoms. The molecule has 1 atom stereocenters. The third-order valence-corrected chi connectivity index (χ3v) is 5.30. The normalized spacial score (nSPS) is 20.5. The predicted molar refractivity (Wildman–Crippen MR) is 97.6 cm³/mol. The standard InChI is InChI=1S/C20H26N4O/c1-14-5-3-6-15(19(14)25-2)12-24-10-8-17-16(13-24)11-22-20(23-17)18-7-4-9-21-18/h3,5-6,11,18,21H,4,7-10,12-13H2,1-2H3. The number of nitrogens with one attached hydrogen (secondary N) is 1. The van der Waals surface area contributed by atoms with Crippen LogP contribution in [0.4, 0.5) is 0 Å². The minimum Gasteiger partial charge on any atom is -0.496 e. The third kappa shape index (κ3) is 3.39. The maximum absolute atomic E-state index is 5.60. The van der Waals surface area contributed by atoms with Crippen LogP contribution in [-0.2, 0) is 19.5 Å². The van der Waals surface area contributed by atoms with Crippen LogP contribution in [0.25, 0.3) is 0 Å². The summed E-state index contributed by atoms with van der Waals surface area (Å²) in [5.41, 5.74) is 4.93. The van der Waals surface area contributed by atoms with E-state index in [-0.39, 0.29) is 0 Å². The SMILES string of the molecule is COc1c(C)cccc1CN1CCc2nc(C3CCCN3)ncc2C1. The van der Waals surface area contributed by atoms with Crippen molar-refractivity contribution < 1.29 is 4.74 Å². The van der Waals surface area contributed by atoms with E-state index in [1.165, 1.54) is 28.8 Å². The van der Waals surface area contributed by atoms with Crippen molar-refractivity contribution in [3.05, 3.63) is 52.6 Å². The first kappa shape index (κ1) is 16.5. The summed E-state index contributed by atoms with van der Waals surface area (Å²) in [5.74, 6) is 1.98. The number of methoxy groups -OCH3 is 1. The van der Waals surface area contributed by atoms with Crippen molar-refractivity contribution in [2.24, 2.45) is 0 Å². The van der Waals surface area contributed by atoms with E-state index in [0.717, 1.165) is 50.6 Å². The van der Waals surface area contributed by atoms with Gasteiger partial charge in [-0.05, 0) is 31.9 Å². The Morgan fingerprint density at radius 2 is 2.28 bits per heavy atom. The van der Waals surface area contributed by atoms with Crippen LogP contribution < -0.4 is 10.1 Å². The highest BCUT2D eigenvalue weighted by Gasteiger charge is 2.23. The van der Waals surface area contributed by atoms with Gasteiger partial charge in [0, 0.05) is 49.1 Å². The van der Waals surface area contributed by atoms with Crippen molar-refractivity contribution in [3.8, 4) is 5.75 Å². The number of aryl methyl sites for hydroxylation is 1. The Hall–Kier alpha value is -1.98. The molecule has 1 aromatic heterocycles. The fourth-order valence-electron chi connectivity index (χ4n) is 3.97. The van der Waals surface area contributed by atoms with Crippen LogP contribution in [0.2, 0.25) is 0 Å². The molecule has 1 saturated heterocycles. The van der Waals surface area contributed by atoms with E-state index in [9.17, 15) is 0 Å². The van der Waals surface area contributed by atoms with Crippen molar-refractivity contribution in [2.45, 2.75) is 45.3 Å². The second-order valence-electron chi connectivity index (χ2n) is 7.08. The highest BCUT2D eigenvalue weighted by atomic mass is 16.5. The summed E-state index contributed by atoms with van der Waals surface area (Å²) in [6, 6.07) is 6.71. The van der Waals surface area contributed by atoms with Crippen molar-refractivity contribution in [1.29, 1.82) is 0 Å². The molecule has 1 unspecified atom stereocenters. The van der Waals surface area contributed by atoms with Crippen LogP contribution in [0, 0.1) is 6.92 Å². The lowest BCUT2D eigenvalue weighted by Crippen LogP contribution is -2.31. The van der Waals surface area contributed by atoms with Crippen LogP contribution in [0.5, 0.6) is 5.75 Å². The molecule has 0 bridgehead atoms. The number of nitrogens with zero attached hydrogens (tertiary/aromatic N) is 3. The Kier molecular flexibility index (Phi) is 4.68. The highest BCUT2D eigenvalue weighted by Crippen LogP contribution is 2.27. The van der Waals surface area contributed by atoms with Crippen LogP contribution in [0.3, 0.4) is 0 Å². The predicted octanol–water partition coefficient (Wildman–Crippen LogP) is 2.78. The first-order valence-electron chi connectivity index (χ1n) is 9.17. The Bertz CT molecular complexity index is 755. The number of aromatic nitrogens is 2. The number of para-hydroxylation sites is 1. The van der Waals surface area contributed by atoms with Gasteiger partial charge in [-0.1, -0.05) is 18.2 Å². The summed E-state index contributed by atoms with van der Waals surface area (Å²) in [5, 5.41) is 3.49. The highest BCUT2D eigenvalue weighted by molar-refractivity contribution is 5.40. The second-order valence-corrected chi connectivity index (χ2v) is 7.08. The van der Waals surface area contributed by atoms with Crippen molar-refractivity contribution in [2.75, 3.05) is 20.2 Å². The lowest BCUT2D eigenvalue weighted by Gasteiger charge is -2.29. The zero-order chi connectivity index (χ0) is 17.2. The summed E-state index contributed by atoms with van der Waals surface area (Å²) in [6.07, 6.45) is 5.40. The molecule has 25 heavy (non-hydrogen) atoms. The minimum absolute atomic E-state index is 0.347. The molecule has 2 aliphatic rings. The molecule has 2 aromatic rings. The molecule has 3 heterocycles. The van der Waals surface area contributed by atoms with Gasteiger partial charge in [0.2, 0.25) is 0 Å². The molecular formula is C20H26N4O. The average Bonchev–Trinajstić information content (AvgIpc) is 3.16. The van der Waals surface area contributed by atoms with E-state index in [0.29, 0.717) is 6.04 Å². The molecule has 0 amide bonds. The van der Waals surface area contributed by atoms with Gasteiger partial charge in [-0.15, -0.1) is 0 Å². The quantitative estimate of drug-likeness (QED) is 0.929. The maximum Gasteiger partial charge on any atom is 0.145 e. The van der Waals surface area contributed by atoms with Gasteiger partial charge >= 0.3 is 0 Å². The van der Waals surface area contributed by atoms with Gasteiger partial charge in [0.05, 0.1) is 13.2 Å². The first-order chi connectivity index (χ1) is 12.2. The number of hydrogen-bond donors (Lipinski definition) is 1. The number of rotatable bonds is 4. The minimum atomic E-state index is 0.347. The summed E-state index contributed by atoms with van der Waals surface area (Å²) in [7, 11) is 1.75. The zero-order valence-electron chi connectivity index (χ0n) is 15.1. The van der Waals surface area contributed by atoms with Gasteiger partial charge in [0.25, 0.3) is 0 Å². The Morgan fingerprint density at radius 3 is 3.08 bits per heavy atom. The summed E-state index contributed by atoms with van der Waals surface area (Å²) < 4.78 is 5.60. The van der Waals surface area contributed by atoms with Crippen molar-refractivity contribution in [3.63, 3.8) is 0 Å². The van der Waals surface area contributed by atoms with Crippen LogP contribution in [0.15, 0.2) is 24.4 Å². The van der Waals surface area contributed by atoms with Crippen molar-refractivity contribution >= 4 is 0 Å². The fraction of sp³-hybridized carbons (Fsp3) is 0.500. The molecular weight excluding hydrogens is 312 g/mol. The fourth-order valence-corrected chi connectivity index (χ4v) is 3.97. The topological polar surface area (TPSA) is 50.3 Å². The maximum atomic E-state index is 5.60. The smallest absolute Gasteiger partial charge is 0.145 e. The summed E-state index contributed by atoms with van der Waals surface area (Å²) in [6.45, 7) is 6.01. The average molecular weight is 338 g/mol. The van der Waals surface area contributed by atoms with Gasteiger partial charge in [-0.3, -0.25) is 4.90 Å². The van der Waals surface area contributed by atoms with Gasteiger partial charge < -0.3 is 10.1 Å². The largest absolute Gasteiger partial charge is 0.496 e. The molecule has 0 aliphatic carbocycles. The van der Waals surface area contributed by atoms with E-state index in [1.807, 2.05) is 6.20 Å². The van der Waals surface area contributed by atoms with E-state index in [4.69, 9.17) is 9.72 Å². The van der Waals surface area contributed by atoms with E-state index in [1.54, 1.807) is 7.11 Å². The number of fused-ring (bicyclic) bond motifs is 1. The molecule has 1 aromatic carbocycles. The summed E-state index contributed by atoms with van der Waals surface area (Å²) >= 11 is 0. The molecule has 1 fully saturated rings. The van der Waals surface area contributed by atoms with Gasteiger partial charge in [-0.2, -0.15) is 0 Å². The summed E-state index contributed by atoms with van der Waals surface area (Å²) in [4.78, 5) is 12.0. The van der Waals surface area contributed by atoms with Gasteiger partial charge in [0.15, 0.2) is 0 Å². The molecule has 2 aliphatic heterocycles. The molecule has 5 nitrogen and oxygen atoms in total. The molecule has 5 heteroatoms. The number of benzene rings is 1. The zero-order valence-corrected chi connectivity index (χ0v) is 15.1. The second kappa shape index (κ2) is 7.10. The lowest BCUT2D eigenvalue weighted by molar-refractivity contribution is 0.238. The first-order valence-corrected chi connectivity index (χ1v) is 9.17. The monoisotopic (exact) mass is 338 g/mol. The van der Waals surface area contributed by atoms with Crippen LogP contribution in [0.1, 0.15) is 47.1 Å². The van der Waals surface area contributed by atoms with Gasteiger partial charge in [0.1, 0.15) is 11.6 Å². The van der Waals surface area contributed by atoms with E-state index < -0.39 is 0 Å². The lowest BCUT2D eigenvalue weighted by atomic mass is 10.0. The van der Waals surface area contributed by atoms with Crippen LogP contribution >= 0.6 is 0 Å². The van der Waals surface area contributed by atoms with E-state index in [2.05, 4.69) is 40.3 Å².